The van der Waals surface area contributed by atoms with Crippen LogP contribution in [0.25, 0.3) is 33.4 Å². The van der Waals surface area contributed by atoms with Gasteiger partial charge in [-0.2, -0.15) is 0 Å². The van der Waals surface area contributed by atoms with Crippen molar-refractivity contribution >= 4 is 0 Å². The zero-order valence-electron chi connectivity index (χ0n) is 15.7. The van der Waals surface area contributed by atoms with Crippen LogP contribution in [0.4, 0.5) is 0 Å². The van der Waals surface area contributed by atoms with Crippen LogP contribution in [0.1, 0.15) is 27.8 Å². The molecule has 0 aliphatic heterocycles. The fourth-order valence-electron chi connectivity index (χ4n) is 4.27. The average molecular weight is 324 g/mol. The SMILES string of the molecule is Cc1cc(C)c2ccc(-c3cc(C)c4cccc-4c(C)c3)c-2c(C)c1. The molecule has 0 spiro atoms. The van der Waals surface area contributed by atoms with Crippen LogP contribution in [0.15, 0.2) is 54.6 Å². The molecule has 0 bridgehead atoms. The van der Waals surface area contributed by atoms with Crippen LogP contribution in [-0.4, -0.2) is 0 Å². The fraction of sp³-hybridized carbons (Fsp3) is 0.200. The summed E-state index contributed by atoms with van der Waals surface area (Å²) in [5, 5.41) is 0. The Morgan fingerprint density at radius 2 is 1.00 bits per heavy atom. The largest absolute Gasteiger partial charge is 0.0610 e. The lowest BCUT2D eigenvalue weighted by Crippen LogP contribution is -1.82. The van der Waals surface area contributed by atoms with Crippen molar-refractivity contribution < 1.29 is 0 Å². The molecule has 4 aliphatic carbocycles. The maximum absolute atomic E-state index is 2.35. The number of aryl methyl sites for hydroxylation is 5. The Labute approximate surface area is 150 Å². The van der Waals surface area contributed by atoms with Gasteiger partial charge in [-0.15, -0.1) is 0 Å². The van der Waals surface area contributed by atoms with E-state index in [9.17, 15) is 0 Å². The first kappa shape index (κ1) is 15.9. The highest BCUT2D eigenvalue weighted by atomic mass is 14.2. The second-order valence-electron chi connectivity index (χ2n) is 7.40. The van der Waals surface area contributed by atoms with Gasteiger partial charge in [0.1, 0.15) is 0 Å². The van der Waals surface area contributed by atoms with E-state index in [1.807, 2.05) is 0 Å². The molecular formula is C25H24. The first-order chi connectivity index (χ1) is 12.0. The molecular weight excluding hydrogens is 300 g/mol. The van der Waals surface area contributed by atoms with Crippen molar-refractivity contribution in [3.05, 3.63) is 82.4 Å². The summed E-state index contributed by atoms with van der Waals surface area (Å²) in [6, 6.07) is 20.5. The normalized spacial score (nSPS) is 11.4. The second-order valence-corrected chi connectivity index (χ2v) is 7.40. The molecule has 0 saturated carbocycles. The maximum Gasteiger partial charge on any atom is -0.00734 e. The monoisotopic (exact) mass is 324 g/mol. The van der Waals surface area contributed by atoms with Gasteiger partial charge in [-0.25, -0.2) is 0 Å². The molecule has 0 amide bonds. The third kappa shape index (κ3) is 2.53. The topological polar surface area (TPSA) is 0 Å². The van der Waals surface area contributed by atoms with E-state index in [1.54, 1.807) is 0 Å². The van der Waals surface area contributed by atoms with E-state index >= 15 is 0 Å². The van der Waals surface area contributed by atoms with Crippen molar-refractivity contribution in [1.82, 2.24) is 0 Å². The summed E-state index contributed by atoms with van der Waals surface area (Å²) in [4.78, 5) is 0. The molecule has 0 aromatic rings. The molecule has 0 heterocycles. The molecule has 0 aromatic carbocycles. The number of hydrogen-bond donors (Lipinski definition) is 0. The summed E-state index contributed by atoms with van der Waals surface area (Å²) in [6.07, 6.45) is 0. The number of rotatable bonds is 1. The van der Waals surface area contributed by atoms with E-state index < -0.39 is 0 Å². The molecule has 0 unspecified atom stereocenters. The van der Waals surface area contributed by atoms with Crippen molar-refractivity contribution in [3.63, 3.8) is 0 Å². The molecule has 0 fully saturated rings. The van der Waals surface area contributed by atoms with Gasteiger partial charge < -0.3 is 0 Å². The smallest absolute Gasteiger partial charge is 0.00734 e. The van der Waals surface area contributed by atoms with Crippen LogP contribution in [0.2, 0.25) is 0 Å². The molecule has 0 heteroatoms. The van der Waals surface area contributed by atoms with Gasteiger partial charge in [0.15, 0.2) is 0 Å². The number of hydrogen-bond acceptors (Lipinski definition) is 0. The Balaban J connectivity index is 2.05. The van der Waals surface area contributed by atoms with Gasteiger partial charge in [-0.3, -0.25) is 0 Å². The molecule has 0 radical (unpaired) electrons. The highest BCUT2D eigenvalue weighted by Gasteiger charge is 2.17. The predicted octanol–water partition coefficient (Wildman–Crippen LogP) is 7.11. The average Bonchev–Trinajstić information content (AvgIpc) is 3.16. The lowest BCUT2D eigenvalue weighted by atomic mass is 9.97. The molecule has 0 aromatic heterocycles. The second kappa shape index (κ2) is 5.74. The van der Waals surface area contributed by atoms with Crippen molar-refractivity contribution in [1.29, 1.82) is 0 Å². The lowest BCUT2D eigenvalue weighted by molar-refractivity contribution is 1.42. The van der Waals surface area contributed by atoms with Crippen LogP contribution in [0.5, 0.6) is 0 Å². The summed E-state index contributed by atoms with van der Waals surface area (Å²) >= 11 is 0. The van der Waals surface area contributed by atoms with Crippen LogP contribution < -0.4 is 0 Å². The molecule has 124 valence electrons. The summed E-state index contributed by atoms with van der Waals surface area (Å²) in [5.41, 5.74) is 14.8. The van der Waals surface area contributed by atoms with Gasteiger partial charge in [0.05, 0.1) is 0 Å². The number of fused-ring (bicyclic) bond motifs is 2. The van der Waals surface area contributed by atoms with E-state index in [1.165, 1.54) is 61.2 Å². The van der Waals surface area contributed by atoms with E-state index in [-0.39, 0.29) is 0 Å². The zero-order valence-corrected chi connectivity index (χ0v) is 15.7. The van der Waals surface area contributed by atoms with E-state index in [0.717, 1.165) is 0 Å². The molecule has 4 aliphatic rings. The fourth-order valence-corrected chi connectivity index (χ4v) is 4.27. The molecule has 0 atom stereocenters. The molecule has 0 N–H and O–H groups in total. The maximum atomic E-state index is 2.35. The summed E-state index contributed by atoms with van der Waals surface area (Å²) < 4.78 is 0. The minimum atomic E-state index is 1.31. The molecule has 0 nitrogen and oxygen atoms in total. The van der Waals surface area contributed by atoms with E-state index in [2.05, 4.69) is 89.2 Å². The minimum Gasteiger partial charge on any atom is -0.0610 e. The Bertz CT molecular complexity index is 999. The third-order valence-corrected chi connectivity index (χ3v) is 5.38. The van der Waals surface area contributed by atoms with Gasteiger partial charge in [0.25, 0.3) is 0 Å². The van der Waals surface area contributed by atoms with Gasteiger partial charge in [-0.05, 0) is 90.3 Å². The highest BCUT2D eigenvalue weighted by molar-refractivity contribution is 5.91. The van der Waals surface area contributed by atoms with Gasteiger partial charge in [-0.1, -0.05) is 60.2 Å². The van der Waals surface area contributed by atoms with Crippen LogP contribution in [0.3, 0.4) is 0 Å². The lowest BCUT2D eigenvalue weighted by Gasteiger charge is -2.06. The van der Waals surface area contributed by atoms with Gasteiger partial charge in [0.2, 0.25) is 0 Å². The standard InChI is InChI=1S/C25H24/c1-15-11-16(2)23-9-10-24(25(23)19(5)12-15)20-13-17(3)21-7-6-8-22(21)18(4)14-20/h6-14H,1-5H3. The van der Waals surface area contributed by atoms with Crippen LogP contribution in [0, 0.1) is 34.6 Å². The summed E-state index contributed by atoms with van der Waals surface area (Å²) in [5.74, 6) is 0. The van der Waals surface area contributed by atoms with Crippen LogP contribution >= 0.6 is 0 Å². The first-order valence-corrected chi connectivity index (χ1v) is 8.96. The van der Waals surface area contributed by atoms with Crippen molar-refractivity contribution in [3.8, 4) is 33.4 Å². The van der Waals surface area contributed by atoms with Crippen molar-refractivity contribution in [2.45, 2.75) is 34.6 Å². The molecule has 25 heavy (non-hydrogen) atoms. The summed E-state index contributed by atoms with van der Waals surface area (Å²) in [6.45, 7) is 11.1. The molecule has 0 saturated heterocycles. The molecule has 4 rings (SSSR count). The Kier molecular flexibility index (Phi) is 3.65. The van der Waals surface area contributed by atoms with E-state index in [4.69, 9.17) is 0 Å². The van der Waals surface area contributed by atoms with Crippen molar-refractivity contribution in [2.24, 2.45) is 0 Å². The summed E-state index contributed by atoms with van der Waals surface area (Å²) in [7, 11) is 0. The minimum absolute atomic E-state index is 1.31. The van der Waals surface area contributed by atoms with E-state index in [0.29, 0.717) is 0 Å². The quantitative estimate of drug-likeness (QED) is 0.350. The van der Waals surface area contributed by atoms with Crippen LogP contribution in [-0.2, 0) is 0 Å². The first-order valence-electron chi connectivity index (χ1n) is 8.96. The van der Waals surface area contributed by atoms with Gasteiger partial charge in [0, 0.05) is 0 Å². The third-order valence-electron chi connectivity index (χ3n) is 5.38. The van der Waals surface area contributed by atoms with Gasteiger partial charge >= 0.3 is 0 Å². The Morgan fingerprint density at radius 1 is 0.480 bits per heavy atom. The predicted molar refractivity (Wildman–Crippen MR) is 109 cm³/mol. The highest BCUT2D eigenvalue weighted by Crippen LogP contribution is 2.41. The Hall–Kier alpha value is -2.60. The Morgan fingerprint density at radius 3 is 1.64 bits per heavy atom. The van der Waals surface area contributed by atoms with Crippen molar-refractivity contribution in [2.75, 3.05) is 0 Å². The zero-order chi connectivity index (χ0) is 17.7.